The van der Waals surface area contributed by atoms with Crippen LogP contribution in [0.1, 0.15) is 58.8 Å². The van der Waals surface area contributed by atoms with Crippen molar-refractivity contribution in [3.8, 4) is 0 Å². The Labute approximate surface area is 207 Å². The molecule has 0 radical (unpaired) electrons. The minimum Gasteiger partial charge on any atom is -0.369 e. The second kappa shape index (κ2) is 9.44. The van der Waals surface area contributed by atoms with Gasteiger partial charge in [-0.25, -0.2) is 5.84 Å². The summed E-state index contributed by atoms with van der Waals surface area (Å²) in [5, 5.41) is 9.95. The van der Waals surface area contributed by atoms with Crippen molar-refractivity contribution in [1.29, 1.82) is 0 Å². The SMILES string of the molecule is CCC1CCC(N2C[C@@H](C(N)=O)CC[C@]2(C)C2=CCN(c3ccc4cn[nH]c4c3)C(N)N2N)CC1. The van der Waals surface area contributed by atoms with Gasteiger partial charge in [0.2, 0.25) is 5.91 Å². The number of rotatable bonds is 5. The zero-order chi connectivity index (χ0) is 24.7. The Balaban J connectivity index is 1.43. The van der Waals surface area contributed by atoms with Crippen molar-refractivity contribution >= 4 is 22.5 Å². The molecule has 1 amide bonds. The minimum atomic E-state index is -0.501. The summed E-state index contributed by atoms with van der Waals surface area (Å²) in [5.74, 6) is 7.24. The molecular formula is C26H40N8O. The number of anilines is 1. The zero-order valence-corrected chi connectivity index (χ0v) is 21.0. The van der Waals surface area contributed by atoms with Gasteiger partial charge in [0.25, 0.3) is 0 Å². The molecular weight excluding hydrogens is 440 g/mol. The number of nitrogens with one attached hydrogen (secondary N) is 1. The van der Waals surface area contributed by atoms with E-state index >= 15 is 0 Å². The van der Waals surface area contributed by atoms with Crippen molar-refractivity contribution in [3.63, 3.8) is 0 Å². The van der Waals surface area contributed by atoms with Gasteiger partial charge in [0, 0.05) is 30.2 Å². The summed E-state index contributed by atoms with van der Waals surface area (Å²) in [6, 6.07) is 6.59. The molecule has 3 heterocycles. The van der Waals surface area contributed by atoms with Gasteiger partial charge in [-0.3, -0.25) is 25.5 Å². The predicted octanol–water partition coefficient (Wildman–Crippen LogP) is 2.61. The summed E-state index contributed by atoms with van der Waals surface area (Å²) in [6.07, 6.45) is 11.2. The molecule has 1 unspecified atom stereocenters. The molecule has 1 saturated carbocycles. The maximum Gasteiger partial charge on any atom is 0.221 e. The van der Waals surface area contributed by atoms with Gasteiger partial charge in [0.05, 0.1) is 28.9 Å². The highest BCUT2D eigenvalue weighted by Crippen LogP contribution is 2.43. The summed E-state index contributed by atoms with van der Waals surface area (Å²) in [7, 11) is 0. The van der Waals surface area contributed by atoms with E-state index in [1.165, 1.54) is 19.3 Å². The molecule has 9 nitrogen and oxygen atoms in total. The normalized spacial score (nSPS) is 32.6. The third kappa shape index (κ3) is 4.30. The lowest BCUT2D eigenvalue weighted by molar-refractivity contribution is -0.126. The van der Waals surface area contributed by atoms with Gasteiger partial charge in [-0.05, 0) is 75.6 Å². The molecule has 9 heteroatoms. The first-order valence-electron chi connectivity index (χ1n) is 13.1. The van der Waals surface area contributed by atoms with Gasteiger partial charge >= 0.3 is 0 Å². The number of nitrogens with two attached hydrogens (primary N) is 3. The van der Waals surface area contributed by atoms with E-state index in [-0.39, 0.29) is 17.4 Å². The molecule has 7 N–H and O–H groups in total. The van der Waals surface area contributed by atoms with Crippen molar-refractivity contribution in [2.45, 2.75) is 76.7 Å². The number of primary amides is 1. The van der Waals surface area contributed by atoms with Crippen LogP contribution in [0.2, 0.25) is 0 Å². The first-order chi connectivity index (χ1) is 16.8. The van der Waals surface area contributed by atoms with Crippen LogP contribution < -0.4 is 22.2 Å². The third-order valence-corrected chi connectivity index (χ3v) is 8.94. The Hall–Kier alpha value is -2.62. The summed E-state index contributed by atoms with van der Waals surface area (Å²) >= 11 is 0. The minimum absolute atomic E-state index is 0.117. The fraction of sp³-hybridized carbons (Fsp3) is 0.615. The predicted molar refractivity (Wildman–Crippen MR) is 139 cm³/mol. The number of nitrogens with zero attached hydrogens (tertiary/aromatic N) is 4. The highest BCUT2D eigenvalue weighted by atomic mass is 16.1. The number of H-pyrrole nitrogens is 1. The Kier molecular flexibility index (Phi) is 6.50. The number of benzene rings is 1. The van der Waals surface area contributed by atoms with Crippen LogP contribution in [0.4, 0.5) is 5.69 Å². The number of fused-ring (bicyclic) bond motifs is 1. The fourth-order valence-electron chi connectivity index (χ4n) is 6.60. The van der Waals surface area contributed by atoms with Crippen LogP contribution in [0.25, 0.3) is 10.9 Å². The van der Waals surface area contributed by atoms with Crippen LogP contribution >= 0.6 is 0 Å². The van der Waals surface area contributed by atoms with Crippen LogP contribution in [-0.4, -0.2) is 57.0 Å². The number of likely N-dealkylation sites (tertiary alicyclic amines) is 1. The number of carbonyl (C=O) groups excluding carboxylic acids is 1. The molecule has 5 rings (SSSR count). The van der Waals surface area contributed by atoms with Gasteiger partial charge in [0.1, 0.15) is 0 Å². The fourth-order valence-corrected chi connectivity index (χ4v) is 6.60. The quantitative estimate of drug-likeness (QED) is 0.483. The molecule has 2 aliphatic heterocycles. The van der Waals surface area contributed by atoms with Crippen LogP contribution in [0.5, 0.6) is 0 Å². The van der Waals surface area contributed by atoms with E-state index in [4.69, 9.17) is 17.3 Å². The smallest absolute Gasteiger partial charge is 0.221 e. The van der Waals surface area contributed by atoms with Crippen molar-refractivity contribution < 1.29 is 4.79 Å². The van der Waals surface area contributed by atoms with Crippen molar-refractivity contribution in [2.75, 3.05) is 18.0 Å². The second-order valence-corrected chi connectivity index (χ2v) is 10.9. The summed E-state index contributed by atoms with van der Waals surface area (Å²) < 4.78 is 0. The number of hydrazine groups is 1. The van der Waals surface area contributed by atoms with Gasteiger partial charge in [0.15, 0.2) is 6.29 Å². The van der Waals surface area contributed by atoms with Gasteiger partial charge in [-0.15, -0.1) is 0 Å². The Morgan fingerprint density at radius 3 is 2.71 bits per heavy atom. The number of aromatic nitrogens is 2. The number of amides is 1. The molecule has 35 heavy (non-hydrogen) atoms. The highest BCUT2D eigenvalue weighted by molar-refractivity contribution is 5.82. The van der Waals surface area contributed by atoms with E-state index < -0.39 is 6.29 Å². The van der Waals surface area contributed by atoms with Gasteiger partial charge in [-0.1, -0.05) is 13.3 Å². The molecule has 2 aromatic rings. The Morgan fingerprint density at radius 1 is 1.23 bits per heavy atom. The van der Waals surface area contributed by atoms with E-state index in [1.54, 1.807) is 5.01 Å². The maximum absolute atomic E-state index is 12.2. The second-order valence-electron chi connectivity index (χ2n) is 10.9. The lowest BCUT2D eigenvalue weighted by atomic mass is 9.75. The molecule has 1 aromatic carbocycles. The molecule has 190 valence electrons. The van der Waals surface area contributed by atoms with Gasteiger partial charge < -0.3 is 10.6 Å². The Bertz CT molecular complexity index is 1090. The van der Waals surface area contributed by atoms with Crippen LogP contribution in [-0.2, 0) is 4.79 Å². The van der Waals surface area contributed by atoms with Crippen LogP contribution in [0.3, 0.4) is 0 Å². The number of carbonyl (C=O) groups is 1. The monoisotopic (exact) mass is 480 g/mol. The van der Waals surface area contributed by atoms with Crippen molar-refractivity contribution in [1.82, 2.24) is 20.1 Å². The first-order valence-corrected chi connectivity index (χ1v) is 13.1. The molecule has 3 atom stereocenters. The summed E-state index contributed by atoms with van der Waals surface area (Å²) in [5.41, 5.74) is 15.2. The number of piperidine rings is 1. The van der Waals surface area contributed by atoms with Crippen molar-refractivity contribution in [3.05, 3.63) is 36.2 Å². The average molecular weight is 481 g/mol. The number of aromatic amines is 1. The number of hydrogen-bond acceptors (Lipinski definition) is 7. The van der Waals surface area contributed by atoms with E-state index in [9.17, 15) is 4.79 Å². The molecule has 1 aliphatic carbocycles. The van der Waals surface area contributed by atoms with Crippen molar-refractivity contribution in [2.24, 2.45) is 29.1 Å². The van der Waals surface area contributed by atoms with E-state index in [0.717, 1.165) is 53.9 Å². The van der Waals surface area contributed by atoms with E-state index in [0.29, 0.717) is 19.1 Å². The van der Waals surface area contributed by atoms with E-state index in [1.807, 2.05) is 12.3 Å². The first kappa shape index (κ1) is 24.1. The van der Waals surface area contributed by atoms with Gasteiger partial charge in [-0.2, -0.15) is 5.10 Å². The molecule has 1 aromatic heterocycles. The Morgan fingerprint density at radius 2 is 2.00 bits per heavy atom. The maximum atomic E-state index is 12.2. The number of hydrogen-bond donors (Lipinski definition) is 4. The molecule has 2 fully saturated rings. The largest absolute Gasteiger partial charge is 0.369 e. The van der Waals surface area contributed by atoms with Crippen LogP contribution in [0.15, 0.2) is 36.2 Å². The highest BCUT2D eigenvalue weighted by Gasteiger charge is 2.48. The summed E-state index contributed by atoms with van der Waals surface area (Å²) in [6.45, 7) is 5.92. The lowest BCUT2D eigenvalue weighted by Gasteiger charge is -2.56. The topological polar surface area (TPSA) is 134 Å². The standard InChI is InChI=1S/C26H40N8O/c1-3-17-4-7-20(8-5-17)33-16-19(24(27)35)10-12-26(33,2)23-11-13-32(25(28)34(23)29)21-9-6-18-15-30-31-22(18)14-21/h6,9,11,14-15,17,19-20,25H,3-5,7-8,10,12-13,16,28-29H2,1-2H3,(H2,27,35)(H,30,31)/t17?,19-,20?,25?,26+/m0/s1. The van der Waals surface area contributed by atoms with E-state index in [2.05, 4.69) is 52.1 Å². The average Bonchev–Trinajstić information content (AvgIpc) is 3.34. The molecule has 1 saturated heterocycles. The molecule has 0 spiro atoms. The summed E-state index contributed by atoms with van der Waals surface area (Å²) in [4.78, 5) is 16.8. The lowest BCUT2D eigenvalue weighted by Crippen LogP contribution is -2.67. The molecule has 3 aliphatic rings. The zero-order valence-electron chi connectivity index (χ0n) is 21.0. The third-order valence-electron chi connectivity index (χ3n) is 8.94. The van der Waals surface area contributed by atoms with Crippen LogP contribution in [0, 0.1) is 11.8 Å². The molecule has 0 bridgehead atoms.